The van der Waals surface area contributed by atoms with E-state index in [1.807, 2.05) is 32.0 Å². The molecule has 0 radical (unpaired) electrons. The molecule has 1 amide bonds. The minimum Gasteiger partial charge on any atom is -0.322 e. The van der Waals surface area contributed by atoms with E-state index in [4.69, 9.17) is 0 Å². The number of aryl methyl sites for hydroxylation is 2. The van der Waals surface area contributed by atoms with E-state index in [0.717, 1.165) is 36.1 Å². The molecule has 0 aliphatic rings. The number of benzene rings is 2. The molecule has 0 aliphatic carbocycles. The van der Waals surface area contributed by atoms with Crippen molar-refractivity contribution >= 4 is 21.6 Å². The number of nitrogens with one attached hydrogen (secondary N) is 2. The minimum absolute atomic E-state index is 0.100. The molecular formula is C20H26N2O3S. The number of para-hydroxylation sites is 1. The van der Waals surface area contributed by atoms with E-state index in [2.05, 4.69) is 17.0 Å². The zero-order chi connectivity index (χ0) is 19.2. The number of carbonyl (C=O) groups is 1. The van der Waals surface area contributed by atoms with Gasteiger partial charge in [-0.2, -0.15) is 0 Å². The van der Waals surface area contributed by atoms with Crippen LogP contribution in [0.4, 0.5) is 5.69 Å². The second-order valence-electron chi connectivity index (χ2n) is 6.35. The maximum Gasteiger partial charge on any atom is 0.255 e. The van der Waals surface area contributed by atoms with Gasteiger partial charge < -0.3 is 5.32 Å². The predicted molar refractivity (Wildman–Crippen MR) is 105 cm³/mol. The van der Waals surface area contributed by atoms with Gasteiger partial charge in [0.15, 0.2) is 0 Å². The van der Waals surface area contributed by atoms with Gasteiger partial charge in [-0.15, -0.1) is 0 Å². The van der Waals surface area contributed by atoms with Gasteiger partial charge in [-0.05, 0) is 49.6 Å². The summed E-state index contributed by atoms with van der Waals surface area (Å²) in [7, 11) is -3.62. The van der Waals surface area contributed by atoms with Crippen LogP contribution in [-0.2, 0) is 10.0 Å². The van der Waals surface area contributed by atoms with E-state index in [9.17, 15) is 13.2 Å². The Labute approximate surface area is 155 Å². The number of hydrogen-bond donors (Lipinski definition) is 2. The highest BCUT2D eigenvalue weighted by Crippen LogP contribution is 2.21. The number of carbonyl (C=O) groups excluding carboxylic acids is 1. The average molecular weight is 375 g/mol. The molecule has 0 atom stereocenters. The number of sulfonamides is 1. The van der Waals surface area contributed by atoms with Crippen molar-refractivity contribution in [2.24, 2.45) is 0 Å². The summed E-state index contributed by atoms with van der Waals surface area (Å²) in [6.07, 6.45) is 2.79. The summed E-state index contributed by atoms with van der Waals surface area (Å²) in [5, 5.41) is 2.88. The number of hydrogen-bond acceptors (Lipinski definition) is 3. The van der Waals surface area contributed by atoms with E-state index in [0.29, 0.717) is 12.1 Å². The third-order valence-corrected chi connectivity index (χ3v) is 5.66. The molecule has 0 spiro atoms. The van der Waals surface area contributed by atoms with Gasteiger partial charge in [0.2, 0.25) is 10.0 Å². The SMILES string of the molecule is CCCCCNS(=O)(=O)c1cccc(C(=O)Nc2c(C)cccc2C)c1. The first-order chi connectivity index (χ1) is 12.3. The molecule has 0 heterocycles. The van der Waals surface area contributed by atoms with Gasteiger partial charge in [0.05, 0.1) is 4.90 Å². The Morgan fingerprint density at radius 3 is 2.31 bits per heavy atom. The van der Waals surface area contributed by atoms with Gasteiger partial charge in [0, 0.05) is 17.8 Å². The lowest BCUT2D eigenvalue weighted by Crippen LogP contribution is -2.25. The van der Waals surface area contributed by atoms with Gasteiger partial charge in [-0.1, -0.05) is 44.0 Å². The Hall–Kier alpha value is -2.18. The summed E-state index contributed by atoms with van der Waals surface area (Å²) < 4.78 is 27.4. The first-order valence-corrected chi connectivity index (χ1v) is 10.3. The molecule has 2 aromatic carbocycles. The highest BCUT2D eigenvalue weighted by molar-refractivity contribution is 7.89. The summed E-state index contributed by atoms with van der Waals surface area (Å²) in [6.45, 7) is 6.30. The van der Waals surface area contributed by atoms with E-state index in [1.165, 1.54) is 12.1 Å². The molecule has 6 heteroatoms. The molecule has 2 N–H and O–H groups in total. The molecule has 0 aliphatic heterocycles. The van der Waals surface area contributed by atoms with Crippen LogP contribution in [0.25, 0.3) is 0 Å². The molecule has 2 rings (SSSR count). The van der Waals surface area contributed by atoms with Crippen molar-refractivity contribution in [2.45, 2.75) is 44.9 Å². The number of anilines is 1. The first kappa shape index (κ1) is 20.1. The van der Waals surface area contributed by atoms with E-state index in [1.54, 1.807) is 12.1 Å². The second kappa shape index (κ2) is 8.96. The highest BCUT2D eigenvalue weighted by Gasteiger charge is 2.16. The standard InChI is InChI=1S/C20H26N2O3S/c1-4-5-6-13-21-26(24,25)18-12-8-11-17(14-18)20(23)22-19-15(2)9-7-10-16(19)3/h7-12,14,21H,4-6,13H2,1-3H3,(H,22,23). The van der Waals surface area contributed by atoms with Gasteiger partial charge >= 0.3 is 0 Å². The lowest BCUT2D eigenvalue weighted by molar-refractivity contribution is 0.102. The molecule has 0 unspecified atom stereocenters. The molecule has 0 saturated carbocycles. The van der Waals surface area contributed by atoms with E-state index in [-0.39, 0.29) is 10.8 Å². The Kier molecular flexibility index (Phi) is 6.94. The maximum absolute atomic E-state index is 12.6. The highest BCUT2D eigenvalue weighted by atomic mass is 32.2. The predicted octanol–water partition coefficient (Wildman–Crippen LogP) is 4.02. The second-order valence-corrected chi connectivity index (χ2v) is 8.12. The van der Waals surface area contributed by atoms with Crippen molar-refractivity contribution in [1.82, 2.24) is 4.72 Å². The molecule has 26 heavy (non-hydrogen) atoms. The topological polar surface area (TPSA) is 75.3 Å². The largest absolute Gasteiger partial charge is 0.322 e. The summed E-state index contributed by atoms with van der Waals surface area (Å²) in [5.74, 6) is -0.328. The van der Waals surface area contributed by atoms with Crippen molar-refractivity contribution in [2.75, 3.05) is 11.9 Å². The van der Waals surface area contributed by atoms with Crippen LogP contribution < -0.4 is 10.0 Å². The maximum atomic E-state index is 12.6. The molecule has 0 fully saturated rings. The van der Waals surface area contributed by atoms with Crippen LogP contribution in [-0.4, -0.2) is 20.9 Å². The fraction of sp³-hybridized carbons (Fsp3) is 0.350. The van der Waals surface area contributed by atoms with Crippen LogP contribution in [0.2, 0.25) is 0 Å². The van der Waals surface area contributed by atoms with Crippen molar-refractivity contribution in [1.29, 1.82) is 0 Å². The van der Waals surface area contributed by atoms with Crippen molar-refractivity contribution in [3.05, 3.63) is 59.2 Å². The van der Waals surface area contributed by atoms with Crippen LogP contribution in [0.5, 0.6) is 0 Å². The van der Waals surface area contributed by atoms with Gasteiger partial charge in [0.25, 0.3) is 5.91 Å². The Morgan fingerprint density at radius 2 is 1.65 bits per heavy atom. The average Bonchev–Trinajstić information content (AvgIpc) is 2.62. The third kappa shape index (κ3) is 5.16. The summed E-state index contributed by atoms with van der Waals surface area (Å²) in [5.41, 5.74) is 2.98. The van der Waals surface area contributed by atoms with Crippen LogP contribution in [0.1, 0.15) is 47.7 Å². The monoisotopic (exact) mass is 374 g/mol. The molecule has 2 aromatic rings. The molecule has 140 valence electrons. The molecule has 0 aromatic heterocycles. The molecule has 0 saturated heterocycles. The third-order valence-electron chi connectivity index (χ3n) is 4.20. The van der Waals surface area contributed by atoms with Crippen molar-refractivity contribution in [3.63, 3.8) is 0 Å². The van der Waals surface area contributed by atoms with Gasteiger partial charge in [-0.25, -0.2) is 13.1 Å². The quantitative estimate of drug-likeness (QED) is 0.685. The van der Waals surface area contributed by atoms with Crippen molar-refractivity contribution in [3.8, 4) is 0 Å². The molecular weight excluding hydrogens is 348 g/mol. The van der Waals surface area contributed by atoms with Crippen LogP contribution >= 0.6 is 0 Å². The Balaban J connectivity index is 2.16. The lowest BCUT2D eigenvalue weighted by atomic mass is 10.1. The van der Waals surface area contributed by atoms with E-state index < -0.39 is 10.0 Å². The zero-order valence-corrected chi connectivity index (χ0v) is 16.3. The number of rotatable bonds is 8. The molecule has 5 nitrogen and oxygen atoms in total. The lowest BCUT2D eigenvalue weighted by Gasteiger charge is -2.12. The van der Waals surface area contributed by atoms with E-state index >= 15 is 0 Å². The van der Waals surface area contributed by atoms with Gasteiger partial charge in [0.1, 0.15) is 0 Å². The van der Waals surface area contributed by atoms with Crippen LogP contribution in [0, 0.1) is 13.8 Å². The van der Waals surface area contributed by atoms with Crippen LogP contribution in [0.3, 0.4) is 0 Å². The summed E-state index contributed by atoms with van der Waals surface area (Å²) >= 11 is 0. The normalized spacial score (nSPS) is 11.3. The molecule has 0 bridgehead atoms. The summed E-state index contributed by atoms with van der Waals surface area (Å²) in [4.78, 5) is 12.7. The van der Waals surface area contributed by atoms with Gasteiger partial charge in [-0.3, -0.25) is 4.79 Å². The first-order valence-electron chi connectivity index (χ1n) is 8.82. The number of unbranched alkanes of at least 4 members (excludes halogenated alkanes) is 2. The van der Waals surface area contributed by atoms with Crippen molar-refractivity contribution < 1.29 is 13.2 Å². The number of amides is 1. The minimum atomic E-state index is -3.62. The van der Waals surface area contributed by atoms with Crippen LogP contribution in [0.15, 0.2) is 47.4 Å². The Morgan fingerprint density at radius 1 is 1.00 bits per heavy atom. The zero-order valence-electron chi connectivity index (χ0n) is 15.5. The fourth-order valence-electron chi connectivity index (χ4n) is 2.67. The Bertz CT molecular complexity index is 856. The summed E-state index contributed by atoms with van der Waals surface area (Å²) in [6, 6.07) is 11.9. The smallest absolute Gasteiger partial charge is 0.255 e. The fourth-order valence-corrected chi connectivity index (χ4v) is 3.79.